The third-order valence-corrected chi connectivity index (χ3v) is 5.41. The summed E-state index contributed by atoms with van der Waals surface area (Å²) in [5.74, 6) is 0.753. The molecule has 0 aliphatic heterocycles. The van der Waals surface area contributed by atoms with Gasteiger partial charge in [-0.25, -0.2) is 13.1 Å². The van der Waals surface area contributed by atoms with Gasteiger partial charge in [0.2, 0.25) is 10.0 Å². The predicted molar refractivity (Wildman–Crippen MR) is 95.8 cm³/mol. The Morgan fingerprint density at radius 3 is 2.46 bits per heavy atom. The summed E-state index contributed by atoms with van der Waals surface area (Å²) in [7, 11) is -3.52. The molecule has 0 heterocycles. The topological polar surface area (TPSA) is 55.4 Å². The van der Waals surface area contributed by atoms with Gasteiger partial charge in [-0.05, 0) is 30.0 Å². The van der Waals surface area contributed by atoms with Gasteiger partial charge in [0.1, 0.15) is 12.4 Å². The van der Waals surface area contributed by atoms with Crippen LogP contribution >= 0.6 is 0 Å². The second-order valence-corrected chi connectivity index (χ2v) is 7.22. The Kier molecular flexibility index (Phi) is 4.83. The first-order valence-corrected chi connectivity index (χ1v) is 9.22. The van der Waals surface area contributed by atoms with Crippen molar-refractivity contribution in [3.05, 3.63) is 72.3 Å². The lowest BCUT2D eigenvalue weighted by Crippen LogP contribution is -2.28. The van der Waals surface area contributed by atoms with E-state index in [4.69, 9.17) is 4.74 Å². The molecular weight excluding hydrogens is 322 g/mol. The van der Waals surface area contributed by atoms with Crippen molar-refractivity contribution >= 4 is 20.8 Å². The standard InChI is InChI=1S/C19H19NO3S/c1-15-7-2-5-12-19(15)24(21,22)20-13-14-23-18-11-6-9-16-8-3-4-10-17(16)18/h2-12,20H,13-14H2,1H3. The van der Waals surface area contributed by atoms with Crippen LogP contribution in [0.1, 0.15) is 5.56 Å². The van der Waals surface area contributed by atoms with Crippen LogP contribution in [-0.4, -0.2) is 21.6 Å². The van der Waals surface area contributed by atoms with Gasteiger partial charge in [0.05, 0.1) is 4.90 Å². The maximum absolute atomic E-state index is 12.3. The van der Waals surface area contributed by atoms with Crippen molar-refractivity contribution in [2.45, 2.75) is 11.8 Å². The molecule has 0 saturated carbocycles. The van der Waals surface area contributed by atoms with E-state index in [0.29, 0.717) is 4.90 Å². The number of benzene rings is 3. The summed E-state index contributed by atoms with van der Waals surface area (Å²) in [4.78, 5) is 0.301. The molecular formula is C19H19NO3S. The predicted octanol–water partition coefficient (Wildman–Crippen LogP) is 3.51. The Hall–Kier alpha value is -2.37. The van der Waals surface area contributed by atoms with Crippen molar-refractivity contribution in [1.29, 1.82) is 0 Å². The second-order valence-electron chi connectivity index (χ2n) is 5.49. The Labute approximate surface area is 142 Å². The van der Waals surface area contributed by atoms with Gasteiger partial charge in [0, 0.05) is 11.9 Å². The molecule has 0 atom stereocenters. The molecule has 0 saturated heterocycles. The number of rotatable bonds is 6. The summed E-state index contributed by atoms with van der Waals surface area (Å²) in [5.41, 5.74) is 0.722. The van der Waals surface area contributed by atoms with E-state index < -0.39 is 10.0 Å². The monoisotopic (exact) mass is 341 g/mol. The van der Waals surface area contributed by atoms with Crippen LogP contribution in [-0.2, 0) is 10.0 Å². The Morgan fingerprint density at radius 2 is 1.62 bits per heavy atom. The number of ether oxygens (including phenoxy) is 1. The highest BCUT2D eigenvalue weighted by molar-refractivity contribution is 7.89. The third kappa shape index (κ3) is 3.58. The minimum absolute atomic E-state index is 0.208. The zero-order chi connectivity index (χ0) is 17.0. The van der Waals surface area contributed by atoms with Crippen molar-refractivity contribution in [2.24, 2.45) is 0 Å². The molecule has 0 aliphatic carbocycles. The third-order valence-electron chi connectivity index (χ3n) is 3.78. The zero-order valence-electron chi connectivity index (χ0n) is 13.4. The smallest absolute Gasteiger partial charge is 0.240 e. The minimum Gasteiger partial charge on any atom is -0.492 e. The number of aryl methyl sites for hydroxylation is 1. The van der Waals surface area contributed by atoms with Gasteiger partial charge >= 0.3 is 0 Å². The van der Waals surface area contributed by atoms with E-state index in [2.05, 4.69) is 4.72 Å². The molecule has 4 nitrogen and oxygen atoms in total. The van der Waals surface area contributed by atoms with Crippen LogP contribution in [0.2, 0.25) is 0 Å². The molecule has 0 spiro atoms. The molecule has 124 valence electrons. The summed E-state index contributed by atoms with van der Waals surface area (Å²) in [6.45, 7) is 2.25. The van der Waals surface area contributed by atoms with Crippen LogP contribution in [0.3, 0.4) is 0 Å². The molecule has 5 heteroatoms. The van der Waals surface area contributed by atoms with Gasteiger partial charge in [0.25, 0.3) is 0 Å². The van der Waals surface area contributed by atoms with Gasteiger partial charge in [-0.15, -0.1) is 0 Å². The Bertz CT molecular complexity index is 946. The number of sulfonamides is 1. The van der Waals surface area contributed by atoms with Crippen LogP contribution in [0.25, 0.3) is 10.8 Å². The van der Waals surface area contributed by atoms with E-state index >= 15 is 0 Å². The molecule has 3 rings (SSSR count). The van der Waals surface area contributed by atoms with Crippen molar-refractivity contribution in [3.63, 3.8) is 0 Å². The van der Waals surface area contributed by atoms with Crippen molar-refractivity contribution in [3.8, 4) is 5.75 Å². The van der Waals surface area contributed by atoms with Crippen LogP contribution < -0.4 is 9.46 Å². The first-order chi connectivity index (χ1) is 11.6. The number of hydrogen-bond acceptors (Lipinski definition) is 3. The SMILES string of the molecule is Cc1ccccc1S(=O)(=O)NCCOc1cccc2ccccc12. The second kappa shape index (κ2) is 7.03. The van der Waals surface area contributed by atoms with Crippen LogP contribution in [0.4, 0.5) is 0 Å². The van der Waals surface area contributed by atoms with E-state index in [9.17, 15) is 8.42 Å². The zero-order valence-corrected chi connectivity index (χ0v) is 14.2. The van der Waals surface area contributed by atoms with E-state index in [1.807, 2.05) is 48.5 Å². The fourth-order valence-corrected chi connectivity index (χ4v) is 3.85. The van der Waals surface area contributed by atoms with Gasteiger partial charge in [-0.3, -0.25) is 0 Å². The molecule has 0 aliphatic rings. The maximum atomic E-state index is 12.3. The van der Waals surface area contributed by atoms with Gasteiger partial charge in [-0.2, -0.15) is 0 Å². The molecule has 3 aromatic carbocycles. The van der Waals surface area contributed by atoms with Crippen molar-refractivity contribution in [2.75, 3.05) is 13.2 Å². The lowest BCUT2D eigenvalue weighted by atomic mass is 10.1. The minimum atomic E-state index is -3.52. The summed E-state index contributed by atoms with van der Waals surface area (Å²) in [5, 5.41) is 2.11. The highest BCUT2D eigenvalue weighted by Gasteiger charge is 2.15. The fourth-order valence-electron chi connectivity index (χ4n) is 2.59. The average Bonchev–Trinajstić information content (AvgIpc) is 2.59. The van der Waals surface area contributed by atoms with Crippen LogP contribution in [0.5, 0.6) is 5.75 Å². The van der Waals surface area contributed by atoms with E-state index in [1.54, 1.807) is 25.1 Å². The molecule has 0 aromatic heterocycles. The van der Waals surface area contributed by atoms with Gasteiger partial charge in [-0.1, -0.05) is 54.6 Å². The maximum Gasteiger partial charge on any atom is 0.240 e. The summed E-state index contributed by atoms with van der Waals surface area (Å²) in [6, 6.07) is 20.7. The summed E-state index contributed by atoms with van der Waals surface area (Å²) < 4.78 is 33.0. The normalized spacial score (nSPS) is 11.5. The van der Waals surface area contributed by atoms with Crippen molar-refractivity contribution < 1.29 is 13.2 Å². The molecule has 0 fully saturated rings. The molecule has 1 N–H and O–H groups in total. The molecule has 0 radical (unpaired) electrons. The number of hydrogen-bond donors (Lipinski definition) is 1. The van der Waals surface area contributed by atoms with Crippen LogP contribution in [0.15, 0.2) is 71.6 Å². The molecule has 0 unspecified atom stereocenters. The first-order valence-electron chi connectivity index (χ1n) is 7.74. The van der Waals surface area contributed by atoms with E-state index in [-0.39, 0.29) is 13.2 Å². The van der Waals surface area contributed by atoms with Crippen LogP contribution in [0, 0.1) is 6.92 Å². The highest BCUT2D eigenvalue weighted by Crippen LogP contribution is 2.24. The Balaban J connectivity index is 1.64. The summed E-state index contributed by atoms with van der Waals surface area (Å²) in [6.07, 6.45) is 0. The number of fused-ring (bicyclic) bond motifs is 1. The largest absolute Gasteiger partial charge is 0.492 e. The van der Waals surface area contributed by atoms with Gasteiger partial charge < -0.3 is 4.74 Å². The lowest BCUT2D eigenvalue weighted by Gasteiger charge is -2.11. The van der Waals surface area contributed by atoms with Crippen molar-refractivity contribution in [1.82, 2.24) is 4.72 Å². The van der Waals surface area contributed by atoms with Gasteiger partial charge in [0.15, 0.2) is 0 Å². The van der Waals surface area contributed by atoms with E-state index in [1.165, 1.54) is 0 Å². The first kappa shape index (κ1) is 16.5. The quantitative estimate of drug-likeness (QED) is 0.698. The molecule has 0 bridgehead atoms. The highest BCUT2D eigenvalue weighted by atomic mass is 32.2. The summed E-state index contributed by atoms with van der Waals surface area (Å²) >= 11 is 0. The van der Waals surface area contributed by atoms with E-state index in [0.717, 1.165) is 22.1 Å². The fraction of sp³-hybridized carbons (Fsp3) is 0.158. The lowest BCUT2D eigenvalue weighted by molar-refractivity contribution is 0.326. The average molecular weight is 341 g/mol. The molecule has 24 heavy (non-hydrogen) atoms. The number of nitrogens with one attached hydrogen (secondary N) is 1. The molecule has 0 amide bonds. The molecule has 3 aromatic rings. The Morgan fingerprint density at radius 1 is 0.917 bits per heavy atom.